The first-order chi connectivity index (χ1) is 7.33. The molecule has 0 aliphatic rings. The van der Waals surface area contributed by atoms with Crippen LogP contribution >= 0.6 is 0 Å². The predicted molar refractivity (Wildman–Crippen MR) is 59.1 cm³/mol. The molecule has 0 saturated carbocycles. The van der Waals surface area contributed by atoms with Crippen molar-refractivity contribution in [3.8, 4) is 17.2 Å². The van der Waals surface area contributed by atoms with Crippen molar-refractivity contribution in [2.45, 2.75) is 6.92 Å². The van der Waals surface area contributed by atoms with Crippen molar-refractivity contribution in [1.29, 1.82) is 5.26 Å². The van der Waals surface area contributed by atoms with Gasteiger partial charge in [-0.1, -0.05) is 18.2 Å². The molecule has 2 aromatic rings. The summed E-state index contributed by atoms with van der Waals surface area (Å²) in [5.74, 6) is 0. The second-order valence-corrected chi connectivity index (χ2v) is 3.35. The summed E-state index contributed by atoms with van der Waals surface area (Å²) in [7, 11) is 0. The van der Waals surface area contributed by atoms with Gasteiger partial charge in [0.15, 0.2) is 0 Å². The van der Waals surface area contributed by atoms with Crippen LogP contribution in [0.5, 0.6) is 0 Å². The molecule has 72 valence electrons. The number of hydrogen-bond acceptors (Lipinski definition) is 2. The summed E-state index contributed by atoms with van der Waals surface area (Å²) in [6.45, 7) is 2.02. The maximum absolute atomic E-state index is 9.00. The quantitative estimate of drug-likeness (QED) is 0.699. The lowest BCUT2D eigenvalue weighted by Gasteiger charge is -2.06. The topological polar surface area (TPSA) is 36.7 Å². The van der Waals surface area contributed by atoms with Gasteiger partial charge in [-0.25, -0.2) is 0 Å². The van der Waals surface area contributed by atoms with Gasteiger partial charge in [-0.2, -0.15) is 5.26 Å². The van der Waals surface area contributed by atoms with Crippen molar-refractivity contribution in [3.63, 3.8) is 0 Å². The third kappa shape index (κ3) is 1.72. The normalized spacial score (nSPS) is 9.60. The number of aryl methyl sites for hydroxylation is 1. The number of nitrogens with zero attached hydrogens (tertiary/aromatic N) is 2. The molecule has 0 aliphatic heterocycles. The van der Waals surface area contributed by atoms with Crippen molar-refractivity contribution < 1.29 is 0 Å². The van der Waals surface area contributed by atoms with Gasteiger partial charge in [0.25, 0.3) is 0 Å². The summed E-state index contributed by atoms with van der Waals surface area (Å²) in [4.78, 5) is 4.09. The molecule has 0 unspecified atom stereocenters. The van der Waals surface area contributed by atoms with Gasteiger partial charge < -0.3 is 0 Å². The fourth-order valence-corrected chi connectivity index (χ4v) is 1.56. The first-order valence-electron chi connectivity index (χ1n) is 4.73. The van der Waals surface area contributed by atoms with Crippen molar-refractivity contribution in [3.05, 3.63) is 53.9 Å². The number of pyridine rings is 1. The number of nitriles is 1. The first-order valence-corrected chi connectivity index (χ1v) is 4.73. The van der Waals surface area contributed by atoms with Crippen LogP contribution in [0.25, 0.3) is 11.1 Å². The minimum absolute atomic E-state index is 0.689. The van der Waals surface area contributed by atoms with Gasteiger partial charge in [-0.3, -0.25) is 4.98 Å². The minimum Gasteiger partial charge on any atom is -0.264 e. The second-order valence-electron chi connectivity index (χ2n) is 3.35. The predicted octanol–water partition coefficient (Wildman–Crippen LogP) is 2.93. The molecule has 1 aromatic heterocycles. The van der Waals surface area contributed by atoms with Gasteiger partial charge in [0.2, 0.25) is 0 Å². The Morgan fingerprint density at radius 1 is 1.13 bits per heavy atom. The van der Waals surface area contributed by atoms with E-state index in [1.807, 2.05) is 37.3 Å². The van der Waals surface area contributed by atoms with Crippen LogP contribution in [0.3, 0.4) is 0 Å². The zero-order chi connectivity index (χ0) is 10.7. The maximum atomic E-state index is 9.00. The molecule has 0 spiro atoms. The Balaban J connectivity index is 2.65. The van der Waals surface area contributed by atoms with Gasteiger partial charge in [-0.15, -0.1) is 0 Å². The number of hydrogen-bond donors (Lipinski definition) is 0. The summed E-state index contributed by atoms with van der Waals surface area (Å²) in [5, 5.41) is 9.00. The Bertz CT molecular complexity index is 524. The van der Waals surface area contributed by atoms with E-state index in [1.165, 1.54) is 0 Å². The molecule has 1 aromatic carbocycles. The highest BCUT2D eigenvalue weighted by Gasteiger charge is 2.05. The van der Waals surface area contributed by atoms with E-state index in [9.17, 15) is 0 Å². The van der Waals surface area contributed by atoms with Crippen LogP contribution in [0, 0.1) is 18.3 Å². The molecule has 0 N–H and O–H groups in total. The molecule has 0 bridgehead atoms. The van der Waals surface area contributed by atoms with Crippen molar-refractivity contribution in [2.75, 3.05) is 0 Å². The average molecular weight is 194 g/mol. The lowest BCUT2D eigenvalue weighted by atomic mass is 9.99. The van der Waals surface area contributed by atoms with Gasteiger partial charge in [0.05, 0.1) is 11.6 Å². The summed E-state index contributed by atoms with van der Waals surface area (Å²) in [5.41, 5.74) is 3.79. The van der Waals surface area contributed by atoms with Crippen molar-refractivity contribution in [2.24, 2.45) is 0 Å². The standard InChI is InChI=1S/C13H10N2/c1-10-6-7-15-9-13(10)12-5-3-2-4-11(12)8-14/h2-7,9H,1H3. The fourth-order valence-electron chi connectivity index (χ4n) is 1.56. The Morgan fingerprint density at radius 3 is 2.67 bits per heavy atom. The second kappa shape index (κ2) is 3.93. The van der Waals surface area contributed by atoms with E-state index >= 15 is 0 Å². The third-order valence-electron chi connectivity index (χ3n) is 2.38. The van der Waals surface area contributed by atoms with Gasteiger partial charge in [-0.05, 0) is 24.6 Å². The van der Waals surface area contributed by atoms with Crippen LogP contribution in [0.15, 0.2) is 42.7 Å². The first kappa shape index (κ1) is 9.42. The maximum Gasteiger partial charge on any atom is 0.0998 e. The van der Waals surface area contributed by atoms with E-state index in [0.29, 0.717) is 5.56 Å². The summed E-state index contributed by atoms with van der Waals surface area (Å²) < 4.78 is 0. The molecule has 0 saturated heterocycles. The zero-order valence-corrected chi connectivity index (χ0v) is 8.44. The third-order valence-corrected chi connectivity index (χ3v) is 2.38. The van der Waals surface area contributed by atoms with E-state index in [-0.39, 0.29) is 0 Å². The highest BCUT2D eigenvalue weighted by atomic mass is 14.6. The molecule has 2 heteroatoms. The molecule has 2 rings (SSSR count). The van der Waals surface area contributed by atoms with Crippen LogP contribution in [0.4, 0.5) is 0 Å². The molecule has 0 fully saturated rings. The smallest absolute Gasteiger partial charge is 0.0998 e. The minimum atomic E-state index is 0.689. The Morgan fingerprint density at radius 2 is 1.93 bits per heavy atom. The summed E-state index contributed by atoms with van der Waals surface area (Å²) in [6, 6.07) is 11.7. The SMILES string of the molecule is Cc1ccncc1-c1ccccc1C#N. The highest BCUT2D eigenvalue weighted by Crippen LogP contribution is 2.25. The molecule has 0 amide bonds. The van der Waals surface area contributed by atoms with Crippen molar-refractivity contribution >= 4 is 0 Å². The van der Waals surface area contributed by atoms with E-state index in [4.69, 9.17) is 5.26 Å². The van der Waals surface area contributed by atoms with Crippen LogP contribution in [-0.2, 0) is 0 Å². The molecular formula is C13H10N2. The van der Waals surface area contributed by atoms with Gasteiger partial charge >= 0.3 is 0 Å². The lowest BCUT2D eigenvalue weighted by molar-refractivity contribution is 1.28. The number of benzene rings is 1. The van der Waals surface area contributed by atoms with Gasteiger partial charge in [0, 0.05) is 23.5 Å². The fraction of sp³-hybridized carbons (Fsp3) is 0.0769. The summed E-state index contributed by atoms with van der Waals surface area (Å²) in [6.07, 6.45) is 3.55. The summed E-state index contributed by atoms with van der Waals surface area (Å²) >= 11 is 0. The highest BCUT2D eigenvalue weighted by molar-refractivity contribution is 5.72. The Hall–Kier alpha value is -2.14. The van der Waals surface area contributed by atoms with E-state index < -0.39 is 0 Å². The molecule has 0 atom stereocenters. The molecule has 0 aliphatic carbocycles. The van der Waals surface area contributed by atoms with E-state index in [1.54, 1.807) is 12.4 Å². The lowest BCUT2D eigenvalue weighted by Crippen LogP contribution is -1.88. The van der Waals surface area contributed by atoms with E-state index in [0.717, 1.165) is 16.7 Å². The monoisotopic (exact) mass is 194 g/mol. The van der Waals surface area contributed by atoms with Crippen LogP contribution in [-0.4, -0.2) is 4.98 Å². The largest absolute Gasteiger partial charge is 0.264 e. The average Bonchev–Trinajstić information content (AvgIpc) is 2.30. The van der Waals surface area contributed by atoms with Crippen LogP contribution in [0.1, 0.15) is 11.1 Å². The molecule has 15 heavy (non-hydrogen) atoms. The van der Waals surface area contributed by atoms with E-state index in [2.05, 4.69) is 11.1 Å². The molecule has 1 heterocycles. The number of aromatic nitrogens is 1. The Labute approximate surface area is 88.8 Å². The van der Waals surface area contributed by atoms with Crippen LogP contribution in [0.2, 0.25) is 0 Å². The Kier molecular flexibility index (Phi) is 2.47. The molecular weight excluding hydrogens is 184 g/mol. The molecule has 0 radical (unpaired) electrons. The van der Waals surface area contributed by atoms with Gasteiger partial charge in [0.1, 0.15) is 0 Å². The van der Waals surface area contributed by atoms with Crippen LogP contribution < -0.4 is 0 Å². The van der Waals surface area contributed by atoms with Crippen molar-refractivity contribution in [1.82, 2.24) is 4.98 Å². The molecule has 2 nitrogen and oxygen atoms in total. The number of rotatable bonds is 1. The zero-order valence-electron chi connectivity index (χ0n) is 8.44.